The Kier molecular flexibility index (Phi) is 6.91. The molecule has 0 fully saturated rings. The average molecular weight is 448 g/mol. The second-order valence-electron chi connectivity index (χ2n) is 7.24. The van der Waals surface area contributed by atoms with Gasteiger partial charge in [-0.1, -0.05) is 42.7 Å². The zero-order valence-corrected chi connectivity index (χ0v) is 18.1. The number of nitrogens with zero attached hydrogens (tertiary/aromatic N) is 1. The Hall–Kier alpha value is -2.68. The zero-order valence-electron chi connectivity index (χ0n) is 16.6. The summed E-state index contributed by atoms with van der Waals surface area (Å²) in [6.07, 6.45) is 0. The molecular weight excluding hydrogens is 426 g/mol. The van der Waals surface area contributed by atoms with E-state index in [4.69, 9.17) is 16.1 Å². The van der Waals surface area contributed by atoms with Crippen molar-refractivity contribution in [3.05, 3.63) is 70.9 Å². The van der Waals surface area contributed by atoms with Crippen LogP contribution in [0.3, 0.4) is 0 Å². The Labute approximate surface area is 180 Å². The molecule has 1 heterocycles. The Morgan fingerprint density at radius 1 is 1.13 bits per heavy atom. The van der Waals surface area contributed by atoms with Crippen molar-refractivity contribution in [2.75, 3.05) is 11.9 Å². The monoisotopic (exact) mass is 447 g/mol. The van der Waals surface area contributed by atoms with Gasteiger partial charge in [-0.15, -0.1) is 0 Å². The molecule has 1 aromatic heterocycles. The lowest BCUT2D eigenvalue weighted by molar-refractivity contribution is 0.101. The predicted molar refractivity (Wildman–Crippen MR) is 117 cm³/mol. The van der Waals surface area contributed by atoms with Crippen LogP contribution in [-0.4, -0.2) is 26.0 Å². The van der Waals surface area contributed by atoms with E-state index in [0.717, 1.165) is 5.56 Å². The second-order valence-corrected chi connectivity index (χ2v) is 9.48. The van der Waals surface area contributed by atoms with Crippen LogP contribution in [0.15, 0.2) is 59.1 Å². The number of benzene rings is 2. The number of rotatable bonds is 8. The molecule has 158 valence electrons. The SMILES string of the molecule is CC(C)CNS(=O)(=O)Cc1cccc(NC(=O)c2cc(-c3ccc(Cl)cc3)on2)c1. The van der Waals surface area contributed by atoms with Crippen LogP contribution < -0.4 is 10.0 Å². The summed E-state index contributed by atoms with van der Waals surface area (Å²) in [5.74, 6) is 0.0177. The number of sulfonamides is 1. The summed E-state index contributed by atoms with van der Waals surface area (Å²) < 4.78 is 32.2. The molecular formula is C21H22ClN3O4S. The molecule has 0 bridgehead atoms. The molecule has 30 heavy (non-hydrogen) atoms. The van der Waals surface area contributed by atoms with Gasteiger partial charge in [0.2, 0.25) is 10.0 Å². The van der Waals surface area contributed by atoms with Gasteiger partial charge in [-0.2, -0.15) is 0 Å². The highest BCUT2D eigenvalue weighted by atomic mass is 35.5. The van der Waals surface area contributed by atoms with Crippen LogP contribution in [0.25, 0.3) is 11.3 Å². The molecule has 9 heteroatoms. The molecule has 0 radical (unpaired) electrons. The molecule has 3 rings (SSSR count). The first-order valence-corrected chi connectivity index (χ1v) is 11.3. The van der Waals surface area contributed by atoms with E-state index in [0.29, 0.717) is 28.6 Å². The molecule has 0 saturated heterocycles. The van der Waals surface area contributed by atoms with Crippen molar-refractivity contribution < 1.29 is 17.7 Å². The Morgan fingerprint density at radius 3 is 2.57 bits per heavy atom. The summed E-state index contributed by atoms with van der Waals surface area (Å²) in [5.41, 5.74) is 1.88. The van der Waals surface area contributed by atoms with Crippen molar-refractivity contribution in [2.45, 2.75) is 19.6 Å². The zero-order chi connectivity index (χ0) is 21.7. The molecule has 0 aliphatic rings. The maximum Gasteiger partial charge on any atom is 0.277 e. The molecule has 2 N–H and O–H groups in total. The first kappa shape index (κ1) is 22.0. The molecule has 2 aromatic carbocycles. The van der Waals surface area contributed by atoms with E-state index >= 15 is 0 Å². The summed E-state index contributed by atoms with van der Waals surface area (Å²) in [6, 6.07) is 15.2. The number of carbonyl (C=O) groups is 1. The number of hydrogen-bond donors (Lipinski definition) is 2. The van der Waals surface area contributed by atoms with E-state index in [2.05, 4.69) is 15.2 Å². The van der Waals surface area contributed by atoms with Crippen LogP contribution in [0.1, 0.15) is 29.9 Å². The fourth-order valence-electron chi connectivity index (χ4n) is 2.63. The van der Waals surface area contributed by atoms with E-state index in [1.165, 1.54) is 6.07 Å². The van der Waals surface area contributed by atoms with Crippen LogP contribution in [0.2, 0.25) is 5.02 Å². The van der Waals surface area contributed by atoms with E-state index in [-0.39, 0.29) is 17.4 Å². The Bertz CT molecular complexity index is 1130. The Balaban J connectivity index is 1.67. The van der Waals surface area contributed by atoms with Gasteiger partial charge >= 0.3 is 0 Å². The third-order valence-corrected chi connectivity index (χ3v) is 5.70. The van der Waals surface area contributed by atoms with Crippen LogP contribution in [-0.2, 0) is 15.8 Å². The molecule has 0 atom stereocenters. The number of hydrogen-bond acceptors (Lipinski definition) is 5. The van der Waals surface area contributed by atoms with Gasteiger partial charge in [-0.25, -0.2) is 13.1 Å². The quantitative estimate of drug-likeness (QED) is 0.535. The lowest BCUT2D eigenvalue weighted by atomic mass is 10.1. The highest BCUT2D eigenvalue weighted by Gasteiger charge is 2.16. The van der Waals surface area contributed by atoms with E-state index in [1.807, 2.05) is 13.8 Å². The van der Waals surface area contributed by atoms with Gasteiger partial charge in [0, 0.05) is 28.9 Å². The van der Waals surface area contributed by atoms with Crippen molar-refractivity contribution in [3.8, 4) is 11.3 Å². The average Bonchev–Trinajstić information content (AvgIpc) is 3.17. The summed E-state index contributed by atoms with van der Waals surface area (Å²) in [6.45, 7) is 4.24. The van der Waals surface area contributed by atoms with Gasteiger partial charge in [0.1, 0.15) is 0 Å². The summed E-state index contributed by atoms with van der Waals surface area (Å²) in [5, 5.41) is 7.11. The van der Waals surface area contributed by atoms with Gasteiger partial charge in [-0.05, 0) is 47.9 Å². The second kappa shape index (κ2) is 9.42. The number of halogens is 1. The molecule has 0 unspecified atom stereocenters. The summed E-state index contributed by atoms with van der Waals surface area (Å²) in [4.78, 5) is 12.5. The number of carbonyl (C=O) groups excluding carboxylic acids is 1. The van der Waals surface area contributed by atoms with Crippen molar-refractivity contribution >= 4 is 33.2 Å². The third-order valence-electron chi connectivity index (χ3n) is 4.12. The van der Waals surface area contributed by atoms with E-state index in [1.54, 1.807) is 48.5 Å². The predicted octanol–water partition coefficient (Wildman–Crippen LogP) is 4.32. The topological polar surface area (TPSA) is 101 Å². The van der Waals surface area contributed by atoms with Crippen LogP contribution in [0, 0.1) is 5.92 Å². The van der Waals surface area contributed by atoms with Crippen molar-refractivity contribution in [1.82, 2.24) is 9.88 Å². The summed E-state index contributed by atoms with van der Waals surface area (Å²) in [7, 11) is -3.46. The smallest absolute Gasteiger partial charge is 0.277 e. The van der Waals surface area contributed by atoms with Gasteiger partial charge in [0.15, 0.2) is 11.5 Å². The van der Waals surface area contributed by atoms with Crippen LogP contribution in [0.4, 0.5) is 5.69 Å². The molecule has 0 aliphatic carbocycles. The van der Waals surface area contributed by atoms with E-state index < -0.39 is 15.9 Å². The van der Waals surface area contributed by atoms with Crippen LogP contribution >= 0.6 is 11.6 Å². The van der Waals surface area contributed by atoms with Crippen molar-refractivity contribution in [2.24, 2.45) is 5.92 Å². The van der Waals surface area contributed by atoms with Crippen LogP contribution in [0.5, 0.6) is 0 Å². The maximum absolute atomic E-state index is 12.5. The number of nitrogens with one attached hydrogen (secondary N) is 2. The summed E-state index contributed by atoms with van der Waals surface area (Å²) >= 11 is 5.88. The maximum atomic E-state index is 12.5. The van der Waals surface area contributed by atoms with Gasteiger partial charge < -0.3 is 9.84 Å². The largest absolute Gasteiger partial charge is 0.355 e. The molecule has 0 spiro atoms. The lowest BCUT2D eigenvalue weighted by Crippen LogP contribution is -2.28. The number of aromatic nitrogens is 1. The minimum atomic E-state index is -3.46. The molecule has 1 amide bonds. The first-order valence-electron chi connectivity index (χ1n) is 9.32. The highest BCUT2D eigenvalue weighted by Crippen LogP contribution is 2.23. The normalized spacial score (nSPS) is 11.6. The fourth-order valence-corrected chi connectivity index (χ4v) is 4.06. The highest BCUT2D eigenvalue weighted by molar-refractivity contribution is 7.88. The molecule has 7 nitrogen and oxygen atoms in total. The molecule has 3 aromatic rings. The minimum absolute atomic E-state index is 0.108. The number of anilines is 1. The van der Waals surface area contributed by atoms with Gasteiger partial charge in [0.05, 0.1) is 5.75 Å². The van der Waals surface area contributed by atoms with Crippen molar-refractivity contribution in [1.29, 1.82) is 0 Å². The number of amides is 1. The van der Waals surface area contributed by atoms with Gasteiger partial charge in [-0.3, -0.25) is 4.79 Å². The molecule has 0 saturated carbocycles. The van der Waals surface area contributed by atoms with E-state index in [9.17, 15) is 13.2 Å². The third kappa shape index (κ3) is 6.16. The Morgan fingerprint density at radius 2 is 1.87 bits per heavy atom. The fraction of sp³-hybridized carbons (Fsp3) is 0.238. The van der Waals surface area contributed by atoms with Gasteiger partial charge in [0.25, 0.3) is 5.91 Å². The van der Waals surface area contributed by atoms with Crippen molar-refractivity contribution in [3.63, 3.8) is 0 Å². The molecule has 0 aliphatic heterocycles. The lowest BCUT2D eigenvalue weighted by Gasteiger charge is -2.10. The minimum Gasteiger partial charge on any atom is -0.355 e. The standard InChI is InChI=1S/C21H22ClN3O4S/c1-14(2)12-23-30(27,28)13-15-4-3-5-18(10-15)24-21(26)19-11-20(29-25-19)16-6-8-17(22)9-7-16/h3-11,14,23H,12-13H2,1-2H3,(H,24,26). The first-order chi connectivity index (χ1) is 14.2.